The molecular formula is C23H31N3O9S. The van der Waals surface area contributed by atoms with Gasteiger partial charge in [-0.15, -0.1) is 0 Å². The van der Waals surface area contributed by atoms with E-state index < -0.39 is 41.0 Å². The lowest BCUT2D eigenvalue weighted by Crippen LogP contribution is -2.59. The summed E-state index contributed by atoms with van der Waals surface area (Å²) in [5, 5.41) is 16.4. The maximum atomic E-state index is 13.2. The molecule has 1 saturated heterocycles. The molecule has 1 amide bonds. The lowest BCUT2D eigenvalue weighted by Gasteiger charge is -2.28. The van der Waals surface area contributed by atoms with Crippen molar-refractivity contribution in [3.8, 4) is 23.0 Å². The highest BCUT2D eigenvalue weighted by atomic mass is 32.2. The number of hydrogen-bond donors (Lipinski definition) is 4. The summed E-state index contributed by atoms with van der Waals surface area (Å²) in [6.07, 6.45) is -1.31. The Morgan fingerprint density at radius 3 is 2.06 bits per heavy atom. The van der Waals surface area contributed by atoms with Gasteiger partial charge in [0.25, 0.3) is 0 Å². The number of hydrogen-bond acceptors (Lipinski definition) is 10. The molecule has 0 saturated carbocycles. The lowest BCUT2D eigenvalue weighted by atomic mass is 10.0. The van der Waals surface area contributed by atoms with Crippen LogP contribution in [0.25, 0.3) is 0 Å². The van der Waals surface area contributed by atoms with Gasteiger partial charge in [-0.3, -0.25) is 8.98 Å². The summed E-state index contributed by atoms with van der Waals surface area (Å²) in [6.45, 7) is -0.324. The van der Waals surface area contributed by atoms with Crippen molar-refractivity contribution in [3.63, 3.8) is 0 Å². The molecule has 0 spiro atoms. The van der Waals surface area contributed by atoms with Crippen LogP contribution in [-0.2, 0) is 32.4 Å². The average molecular weight is 526 g/mol. The summed E-state index contributed by atoms with van der Waals surface area (Å²) < 4.78 is 52.6. The van der Waals surface area contributed by atoms with Crippen LogP contribution in [0.15, 0.2) is 36.4 Å². The van der Waals surface area contributed by atoms with Gasteiger partial charge in [-0.25, -0.2) is 0 Å². The fourth-order valence-corrected chi connectivity index (χ4v) is 4.69. The number of ether oxygens (including phenoxy) is 4. The lowest BCUT2D eigenvalue weighted by molar-refractivity contribution is -0.124. The zero-order valence-corrected chi connectivity index (χ0v) is 21.3. The van der Waals surface area contributed by atoms with Crippen LogP contribution in [0.1, 0.15) is 11.1 Å². The molecule has 1 fully saturated rings. The topological polar surface area (TPSA) is 154 Å². The molecule has 0 aromatic heterocycles. The third-order valence-corrected chi connectivity index (χ3v) is 6.68. The number of aliphatic hydroxyl groups excluding tert-OH is 1. The van der Waals surface area contributed by atoms with E-state index in [4.69, 9.17) is 23.1 Å². The normalized spacial score (nSPS) is 21.2. The molecule has 3 atom stereocenters. The number of amides is 1. The molecule has 0 unspecified atom stereocenters. The van der Waals surface area contributed by atoms with Crippen molar-refractivity contribution in [1.82, 2.24) is 15.4 Å². The first-order valence-electron chi connectivity index (χ1n) is 11.0. The van der Waals surface area contributed by atoms with Crippen LogP contribution in [0.5, 0.6) is 23.0 Å². The minimum atomic E-state index is -4.28. The largest absolute Gasteiger partial charge is 0.497 e. The third kappa shape index (κ3) is 6.77. The molecule has 1 heterocycles. The van der Waals surface area contributed by atoms with E-state index in [0.717, 1.165) is 0 Å². The quantitative estimate of drug-likeness (QED) is 0.336. The van der Waals surface area contributed by atoms with Crippen LogP contribution < -0.4 is 34.3 Å². The number of carbonyl (C=O) groups excluding carboxylic acids is 1. The van der Waals surface area contributed by atoms with E-state index in [1.807, 2.05) is 0 Å². The highest BCUT2D eigenvalue weighted by molar-refractivity contribution is 7.84. The van der Waals surface area contributed by atoms with Gasteiger partial charge in [0.15, 0.2) is 0 Å². The van der Waals surface area contributed by atoms with Crippen molar-refractivity contribution in [2.45, 2.75) is 31.3 Å². The molecule has 0 aliphatic carbocycles. The van der Waals surface area contributed by atoms with Gasteiger partial charge in [0.05, 0.1) is 47.2 Å². The van der Waals surface area contributed by atoms with Gasteiger partial charge in [-0.2, -0.15) is 13.1 Å². The smallest absolute Gasteiger partial charge is 0.336 e. The monoisotopic (exact) mass is 525 g/mol. The first-order chi connectivity index (χ1) is 17.2. The molecule has 3 rings (SSSR count). The predicted molar refractivity (Wildman–Crippen MR) is 129 cm³/mol. The molecule has 0 radical (unpaired) electrons. The van der Waals surface area contributed by atoms with Crippen LogP contribution in [0.4, 0.5) is 0 Å². The minimum Gasteiger partial charge on any atom is -0.497 e. The highest BCUT2D eigenvalue weighted by Gasteiger charge is 2.40. The molecule has 12 nitrogen and oxygen atoms in total. The van der Waals surface area contributed by atoms with Gasteiger partial charge in [0.1, 0.15) is 29.0 Å². The van der Waals surface area contributed by atoms with Gasteiger partial charge in [0.2, 0.25) is 5.91 Å². The number of benzene rings is 2. The Balaban J connectivity index is 1.79. The van der Waals surface area contributed by atoms with Crippen molar-refractivity contribution in [2.24, 2.45) is 0 Å². The SMILES string of the molecule is COc1ccc(CNC(=O)[C@H]2NS(=O)(=O)OC[C@@H](O)[C@H]2NCc2ccc(OC)cc2OC)c(OC)c1. The second-order valence-electron chi connectivity index (χ2n) is 7.88. The molecule has 1 aliphatic rings. The van der Waals surface area contributed by atoms with Gasteiger partial charge < -0.3 is 34.7 Å². The molecule has 198 valence electrons. The van der Waals surface area contributed by atoms with Crippen LogP contribution in [0.2, 0.25) is 0 Å². The fraction of sp³-hybridized carbons (Fsp3) is 0.435. The van der Waals surface area contributed by atoms with E-state index in [9.17, 15) is 18.3 Å². The summed E-state index contributed by atoms with van der Waals surface area (Å²) in [4.78, 5) is 13.2. The van der Waals surface area contributed by atoms with Crippen LogP contribution in [0, 0.1) is 0 Å². The van der Waals surface area contributed by atoms with Crippen molar-refractivity contribution < 1.29 is 41.4 Å². The van der Waals surface area contributed by atoms with E-state index in [0.29, 0.717) is 34.1 Å². The highest BCUT2D eigenvalue weighted by Crippen LogP contribution is 2.26. The van der Waals surface area contributed by atoms with E-state index in [2.05, 4.69) is 15.4 Å². The van der Waals surface area contributed by atoms with Crippen LogP contribution >= 0.6 is 0 Å². The maximum absolute atomic E-state index is 13.2. The summed E-state index contributed by atoms with van der Waals surface area (Å²) in [6, 6.07) is 7.90. The van der Waals surface area contributed by atoms with E-state index in [-0.39, 0.29) is 13.1 Å². The Morgan fingerprint density at radius 2 is 1.53 bits per heavy atom. The molecule has 2 aromatic carbocycles. The zero-order valence-electron chi connectivity index (χ0n) is 20.4. The summed E-state index contributed by atoms with van der Waals surface area (Å²) >= 11 is 0. The Kier molecular flexibility index (Phi) is 9.34. The van der Waals surface area contributed by atoms with Crippen molar-refractivity contribution >= 4 is 16.2 Å². The van der Waals surface area contributed by atoms with Crippen molar-refractivity contribution in [3.05, 3.63) is 47.5 Å². The summed E-state index contributed by atoms with van der Waals surface area (Å²) in [5.74, 6) is 1.52. The van der Waals surface area contributed by atoms with Crippen molar-refractivity contribution in [1.29, 1.82) is 0 Å². The number of aliphatic hydroxyl groups is 1. The first-order valence-corrected chi connectivity index (χ1v) is 12.4. The Hall–Kier alpha value is -3.10. The van der Waals surface area contributed by atoms with Gasteiger partial charge in [-0.05, 0) is 18.2 Å². The Labute approximate surface area is 210 Å². The van der Waals surface area contributed by atoms with Gasteiger partial charge in [-0.1, -0.05) is 6.07 Å². The average Bonchev–Trinajstić information content (AvgIpc) is 3.00. The van der Waals surface area contributed by atoms with Crippen LogP contribution in [0.3, 0.4) is 0 Å². The van der Waals surface area contributed by atoms with E-state index in [1.165, 1.54) is 28.4 Å². The second kappa shape index (κ2) is 12.2. The number of methoxy groups -OCH3 is 4. The third-order valence-electron chi connectivity index (χ3n) is 5.69. The van der Waals surface area contributed by atoms with E-state index >= 15 is 0 Å². The van der Waals surface area contributed by atoms with Gasteiger partial charge >= 0.3 is 10.3 Å². The first kappa shape index (κ1) is 27.5. The molecule has 4 N–H and O–H groups in total. The Morgan fingerprint density at radius 1 is 0.972 bits per heavy atom. The second-order valence-corrected chi connectivity index (χ2v) is 9.26. The number of rotatable bonds is 10. The number of nitrogens with one attached hydrogen (secondary N) is 3. The molecule has 13 heteroatoms. The van der Waals surface area contributed by atoms with Crippen LogP contribution in [-0.4, -0.2) is 72.7 Å². The predicted octanol–water partition coefficient (Wildman–Crippen LogP) is 0.0897. The van der Waals surface area contributed by atoms with E-state index in [1.54, 1.807) is 36.4 Å². The Bertz CT molecular complexity index is 1160. The number of carbonyl (C=O) groups is 1. The van der Waals surface area contributed by atoms with Crippen molar-refractivity contribution in [2.75, 3.05) is 35.0 Å². The molecule has 2 aromatic rings. The molecule has 36 heavy (non-hydrogen) atoms. The zero-order chi connectivity index (χ0) is 26.3. The maximum Gasteiger partial charge on any atom is 0.336 e. The summed E-state index contributed by atoms with van der Waals surface area (Å²) in [5.41, 5.74) is 1.35. The fourth-order valence-electron chi connectivity index (χ4n) is 3.73. The molecular weight excluding hydrogens is 494 g/mol. The standard InChI is InChI=1S/C23H31N3O9S/c1-31-16-7-5-14(19(9-16)33-3)11-24-21-18(27)13-35-36(29,30)26-22(21)23(28)25-12-15-6-8-17(32-2)10-20(15)34-4/h5-10,18,21-22,24,26-27H,11-13H2,1-4H3,(H,25,28)/t18-,21-,22+/m1/s1. The summed E-state index contributed by atoms with van der Waals surface area (Å²) in [7, 11) is 1.77. The minimum absolute atomic E-state index is 0.0419. The molecule has 1 aliphatic heterocycles. The molecule has 0 bridgehead atoms. The van der Waals surface area contributed by atoms with Gasteiger partial charge in [0, 0.05) is 36.3 Å².